The summed E-state index contributed by atoms with van der Waals surface area (Å²) in [5, 5.41) is 42.5. The fourth-order valence-electron chi connectivity index (χ4n) is 5.34. The maximum absolute atomic E-state index is 11.0. The molecule has 1 saturated carbocycles. The molecule has 0 heterocycles. The quantitative estimate of drug-likeness (QED) is 0.583. The van der Waals surface area contributed by atoms with Gasteiger partial charge in [-0.05, 0) is 54.6 Å². The summed E-state index contributed by atoms with van der Waals surface area (Å²) in [6.07, 6.45) is 3.46. The van der Waals surface area contributed by atoms with Gasteiger partial charge in [0.2, 0.25) is 0 Å². The molecule has 0 saturated heterocycles. The normalized spacial score (nSPS) is 48.0. The third kappa shape index (κ3) is 2.50. The minimum absolute atomic E-state index is 0.00766. The summed E-state index contributed by atoms with van der Waals surface area (Å²) >= 11 is 0. The summed E-state index contributed by atoms with van der Waals surface area (Å²) in [7, 11) is 0. The van der Waals surface area contributed by atoms with Crippen LogP contribution in [0.4, 0.5) is 0 Å². The van der Waals surface area contributed by atoms with E-state index in [4.69, 9.17) is 0 Å². The molecule has 0 aromatic carbocycles. The number of aliphatic hydroxyl groups is 4. The third-order valence-electron chi connectivity index (χ3n) is 6.91. The molecule has 1 fully saturated rings. The van der Waals surface area contributed by atoms with E-state index in [1.54, 1.807) is 0 Å². The van der Waals surface area contributed by atoms with Gasteiger partial charge in [0.05, 0.1) is 12.7 Å². The zero-order valence-corrected chi connectivity index (χ0v) is 15.3. The summed E-state index contributed by atoms with van der Waals surface area (Å²) in [5.41, 5.74) is 1.50. The Morgan fingerprint density at radius 3 is 2.50 bits per heavy atom. The largest absolute Gasteiger partial charge is 0.393 e. The molecule has 4 nitrogen and oxygen atoms in total. The lowest BCUT2D eigenvalue weighted by Crippen LogP contribution is -2.44. The Bertz CT molecular complexity index is 578. The Balaban J connectivity index is 2.20. The monoisotopic (exact) mass is 336 g/mol. The highest BCUT2D eigenvalue weighted by Gasteiger charge is 2.52. The van der Waals surface area contributed by atoms with Crippen molar-refractivity contribution in [2.24, 2.45) is 23.2 Å². The SMILES string of the molecule is CC(C)C1=C2[C@@H](O)[C@H](O)[C@H](C)[C@@H]3CC[C@@](O)(CO)/C3=C/[C@@]2(C)CC1. The Labute approximate surface area is 144 Å². The van der Waals surface area contributed by atoms with Crippen LogP contribution in [0.2, 0.25) is 0 Å². The molecule has 24 heavy (non-hydrogen) atoms. The van der Waals surface area contributed by atoms with Crippen LogP contribution in [0.5, 0.6) is 0 Å². The number of fused-ring (bicyclic) bond motifs is 2. The molecule has 0 unspecified atom stereocenters. The minimum Gasteiger partial charge on any atom is -0.393 e. The lowest BCUT2D eigenvalue weighted by molar-refractivity contribution is -0.0185. The molecule has 0 bridgehead atoms. The average molecular weight is 336 g/mol. The molecule has 0 radical (unpaired) electrons. The highest BCUT2D eigenvalue weighted by Crippen LogP contribution is 2.55. The molecule has 0 aromatic heterocycles. The minimum atomic E-state index is -1.18. The van der Waals surface area contributed by atoms with E-state index in [2.05, 4.69) is 26.8 Å². The fraction of sp³-hybridized carbons (Fsp3) is 0.800. The zero-order valence-electron chi connectivity index (χ0n) is 15.3. The van der Waals surface area contributed by atoms with Crippen LogP contribution in [0.3, 0.4) is 0 Å². The van der Waals surface area contributed by atoms with E-state index in [1.165, 1.54) is 5.57 Å². The van der Waals surface area contributed by atoms with Gasteiger partial charge in [-0.25, -0.2) is 0 Å². The van der Waals surface area contributed by atoms with Crippen LogP contribution in [-0.4, -0.2) is 44.8 Å². The predicted octanol–water partition coefficient (Wildman–Crippen LogP) is 2.17. The maximum Gasteiger partial charge on any atom is 0.109 e. The Hall–Kier alpha value is -0.680. The first-order chi connectivity index (χ1) is 11.1. The molecular formula is C20H32O4. The van der Waals surface area contributed by atoms with E-state index in [0.717, 1.165) is 30.4 Å². The van der Waals surface area contributed by atoms with Crippen LogP contribution in [0.1, 0.15) is 53.4 Å². The molecular weight excluding hydrogens is 304 g/mol. The van der Waals surface area contributed by atoms with E-state index in [1.807, 2.05) is 6.92 Å². The van der Waals surface area contributed by atoms with E-state index in [-0.39, 0.29) is 23.9 Å². The van der Waals surface area contributed by atoms with Crippen LogP contribution >= 0.6 is 0 Å². The second-order valence-corrected chi connectivity index (χ2v) is 8.74. The van der Waals surface area contributed by atoms with Crippen molar-refractivity contribution < 1.29 is 20.4 Å². The molecule has 3 rings (SSSR count). The van der Waals surface area contributed by atoms with Gasteiger partial charge in [-0.15, -0.1) is 0 Å². The number of hydrogen-bond acceptors (Lipinski definition) is 4. The molecule has 0 aromatic rings. The number of aliphatic hydroxyl groups excluding tert-OH is 3. The summed E-state index contributed by atoms with van der Waals surface area (Å²) < 4.78 is 0. The summed E-state index contributed by atoms with van der Waals surface area (Å²) in [4.78, 5) is 0. The van der Waals surface area contributed by atoms with Crippen LogP contribution in [0.25, 0.3) is 0 Å². The van der Waals surface area contributed by atoms with Crippen molar-refractivity contribution in [1.29, 1.82) is 0 Å². The van der Waals surface area contributed by atoms with E-state index < -0.39 is 17.8 Å². The second-order valence-electron chi connectivity index (χ2n) is 8.74. The van der Waals surface area contributed by atoms with Crippen molar-refractivity contribution in [3.63, 3.8) is 0 Å². The molecule has 3 aliphatic carbocycles. The Morgan fingerprint density at radius 1 is 1.25 bits per heavy atom. The fourth-order valence-corrected chi connectivity index (χ4v) is 5.34. The first-order valence-corrected chi connectivity index (χ1v) is 9.30. The van der Waals surface area contributed by atoms with Gasteiger partial charge in [-0.3, -0.25) is 0 Å². The topological polar surface area (TPSA) is 80.9 Å². The Kier molecular flexibility index (Phi) is 4.49. The van der Waals surface area contributed by atoms with Crippen molar-refractivity contribution in [2.45, 2.75) is 71.2 Å². The molecule has 3 aliphatic rings. The van der Waals surface area contributed by atoms with Gasteiger partial charge in [-0.1, -0.05) is 39.3 Å². The summed E-state index contributed by atoms with van der Waals surface area (Å²) in [5.74, 6) is 0.180. The Morgan fingerprint density at radius 2 is 1.92 bits per heavy atom. The lowest BCUT2D eigenvalue weighted by atomic mass is 9.68. The molecule has 6 atom stereocenters. The van der Waals surface area contributed by atoms with Crippen LogP contribution in [-0.2, 0) is 0 Å². The van der Waals surface area contributed by atoms with E-state index >= 15 is 0 Å². The van der Waals surface area contributed by atoms with Gasteiger partial charge < -0.3 is 20.4 Å². The average Bonchev–Trinajstić information content (AvgIpc) is 3.04. The molecule has 4 heteroatoms. The van der Waals surface area contributed by atoms with Gasteiger partial charge >= 0.3 is 0 Å². The first-order valence-electron chi connectivity index (χ1n) is 9.30. The molecule has 4 N–H and O–H groups in total. The third-order valence-corrected chi connectivity index (χ3v) is 6.91. The first kappa shape index (κ1) is 18.1. The smallest absolute Gasteiger partial charge is 0.109 e. The van der Waals surface area contributed by atoms with E-state index in [9.17, 15) is 20.4 Å². The maximum atomic E-state index is 11.0. The number of allylic oxidation sites excluding steroid dienone is 2. The van der Waals surface area contributed by atoms with Crippen molar-refractivity contribution in [3.05, 3.63) is 22.8 Å². The van der Waals surface area contributed by atoms with Crippen molar-refractivity contribution in [1.82, 2.24) is 0 Å². The van der Waals surface area contributed by atoms with Crippen LogP contribution in [0.15, 0.2) is 22.8 Å². The number of hydrogen-bond donors (Lipinski definition) is 4. The van der Waals surface area contributed by atoms with Gasteiger partial charge in [0.15, 0.2) is 0 Å². The van der Waals surface area contributed by atoms with Crippen LogP contribution < -0.4 is 0 Å². The highest BCUT2D eigenvalue weighted by atomic mass is 16.3. The van der Waals surface area contributed by atoms with Gasteiger partial charge in [-0.2, -0.15) is 0 Å². The van der Waals surface area contributed by atoms with Gasteiger partial charge in [0.25, 0.3) is 0 Å². The van der Waals surface area contributed by atoms with E-state index in [0.29, 0.717) is 12.3 Å². The highest BCUT2D eigenvalue weighted by molar-refractivity contribution is 5.42. The van der Waals surface area contributed by atoms with Gasteiger partial charge in [0, 0.05) is 5.41 Å². The standard InChI is InChI=1S/C20H32O4/c1-11(2)13-5-7-19(4)9-15-14(6-8-20(15,24)10-21)12(3)17(22)18(23)16(13)19/h9,11-12,14,17-18,21-24H,5-8,10H2,1-4H3/b15-9+/t12-,14+,17-,18-,19-,20-/m1/s1. The number of rotatable bonds is 2. The summed E-state index contributed by atoms with van der Waals surface area (Å²) in [6, 6.07) is 0. The van der Waals surface area contributed by atoms with Crippen molar-refractivity contribution in [3.8, 4) is 0 Å². The zero-order chi connectivity index (χ0) is 17.9. The predicted molar refractivity (Wildman–Crippen MR) is 93.2 cm³/mol. The van der Waals surface area contributed by atoms with Gasteiger partial charge in [0.1, 0.15) is 11.7 Å². The van der Waals surface area contributed by atoms with Crippen LogP contribution in [0, 0.1) is 23.2 Å². The molecule has 136 valence electrons. The molecule has 0 aliphatic heterocycles. The summed E-state index contributed by atoms with van der Waals surface area (Å²) in [6.45, 7) is 8.02. The molecule has 0 amide bonds. The lowest BCUT2D eigenvalue weighted by Gasteiger charge is -2.41. The molecule has 0 spiro atoms. The second kappa shape index (κ2) is 5.94. The van der Waals surface area contributed by atoms with Crippen molar-refractivity contribution >= 4 is 0 Å². The van der Waals surface area contributed by atoms with Crippen molar-refractivity contribution in [2.75, 3.05) is 6.61 Å².